The highest BCUT2D eigenvalue weighted by atomic mass is 19.4. The largest absolute Gasteiger partial charge is 0.478 e. The van der Waals surface area contributed by atoms with Crippen LogP contribution in [0, 0.1) is 0 Å². The lowest BCUT2D eigenvalue weighted by Crippen LogP contribution is -2.22. The Bertz CT molecular complexity index is 1070. The molecule has 2 aromatic rings. The molecule has 0 unspecified atom stereocenters. The highest BCUT2D eigenvalue weighted by molar-refractivity contribution is 6.06. The molecule has 0 saturated heterocycles. The Morgan fingerprint density at radius 2 is 1.00 bits per heavy atom. The Kier molecular flexibility index (Phi) is 7.94. The van der Waals surface area contributed by atoms with Crippen LogP contribution in [0.4, 0.5) is 26.3 Å². The topological polar surface area (TPSA) is 136 Å². The van der Waals surface area contributed by atoms with Gasteiger partial charge in [-0.3, -0.25) is 0 Å². The molecule has 15 heteroatoms. The minimum absolute atomic E-state index is 0.748. The van der Waals surface area contributed by atoms with Gasteiger partial charge in [0.05, 0.1) is 11.1 Å². The van der Waals surface area contributed by atoms with Crippen molar-refractivity contribution in [2.24, 2.45) is 0 Å². The number of carboxylic acid groups (broad SMARTS) is 2. The van der Waals surface area contributed by atoms with Crippen molar-refractivity contribution in [3.63, 3.8) is 0 Å². The number of carbonyl (C=O) groups excluding carboxylic acids is 2. The van der Waals surface area contributed by atoms with E-state index in [0.29, 0.717) is 0 Å². The fourth-order valence-electron chi connectivity index (χ4n) is 2.58. The third-order valence-corrected chi connectivity index (χ3v) is 3.87. The fourth-order valence-corrected chi connectivity index (χ4v) is 2.58. The first-order valence-electron chi connectivity index (χ1n) is 8.99. The van der Waals surface area contributed by atoms with Crippen molar-refractivity contribution in [2.75, 3.05) is 13.2 Å². The molecule has 2 N–H and O–H groups in total. The molecule has 0 spiro atoms. The summed E-state index contributed by atoms with van der Waals surface area (Å²) < 4.78 is 87.2. The molecule has 0 atom stereocenters. The van der Waals surface area contributed by atoms with Crippen LogP contribution >= 0.6 is 0 Å². The summed E-state index contributed by atoms with van der Waals surface area (Å²) in [5.41, 5.74) is -3.78. The van der Waals surface area contributed by atoms with Gasteiger partial charge in [0.2, 0.25) is 0 Å². The third-order valence-electron chi connectivity index (χ3n) is 3.87. The molecule has 0 radical (unpaired) electrons. The standard InChI is InChI=1S/C20H12F6O9/c21-19(22,23)7-33-17(31)9-3-1-5-11(13(9)15(27)28)35-12-6-2-4-10(14(12)16(29)30)18(32)34-8-20(24,25)26/h1-6H,7-8H2,(H,27,28)(H,29,30). The van der Waals surface area contributed by atoms with Crippen molar-refractivity contribution in [1.82, 2.24) is 0 Å². The first-order chi connectivity index (χ1) is 16.1. The summed E-state index contributed by atoms with van der Waals surface area (Å²) in [6, 6.07) is 5.38. The molecule has 0 aliphatic heterocycles. The van der Waals surface area contributed by atoms with E-state index in [-0.39, 0.29) is 0 Å². The molecular formula is C20H12F6O9. The van der Waals surface area contributed by atoms with E-state index in [1.165, 1.54) is 0 Å². The van der Waals surface area contributed by atoms with Crippen molar-refractivity contribution >= 4 is 23.9 Å². The van der Waals surface area contributed by atoms with Gasteiger partial charge in [0.25, 0.3) is 0 Å². The summed E-state index contributed by atoms with van der Waals surface area (Å²) >= 11 is 0. The smallest absolute Gasteiger partial charge is 0.422 e. The number of alkyl halides is 6. The lowest BCUT2D eigenvalue weighted by atomic mass is 10.0. The molecule has 2 rings (SSSR count). The molecule has 0 saturated carbocycles. The van der Waals surface area contributed by atoms with Crippen molar-refractivity contribution < 1.29 is 69.9 Å². The molecule has 188 valence electrons. The molecule has 0 aliphatic rings. The maximum atomic E-state index is 12.3. The summed E-state index contributed by atoms with van der Waals surface area (Å²) in [5, 5.41) is 18.9. The van der Waals surface area contributed by atoms with Crippen molar-refractivity contribution in [2.45, 2.75) is 12.4 Å². The van der Waals surface area contributed by atoms with Crippen LogP contribution in [-0.4, -0.2) is 59.7 Å². The van der Waals surface area contributed by atoms with Crippen LogP contribution in [-0.2, 0) is 9.47 Å². The van der Waals surface area contributed by atoms with E-state index in [1.54, 1.807) is 0 Å². The lowest BCUT2D eigenvalue weighted by Gasteiger charge is -2.15. The second kappa shape index (κ2) is 10.3. The second-order valence-electron chi connectivity index (χ2n) is 6.45. The molecular weight excluding hydrogens is 498 g/mol. The van der Waals surface area contributed by atoms with Gasteiger partial charge < -0.3 is 24.4 Å². The van der Waals surface area contributed by atoms with Crippen molar-refractivity contribution in [1.29, 1.82) is 0 Å². The normalized spacial score (nSPS) is 11.5. The number of benzene rings is 2. The summed E-state index contributed by atoms with van der Waals surface area (Å²) in [4.78, 5) is 47.4. The molecule has 35 heavy (non-hydrogen) atoms. The van der Waals surface area contributed by atoms with E-state index in [2.05, 4.69) is 9.47 Å². The number of ether oxygens (including phenoxy) is 3. The van der Waals surface area contributed by atoms with Crippen LogP contribution < -0.4 is 4.74 Å². The van der Waals surface area contributed by atoms with Crippen LogP contribution in [0.25, 0.3) is 0 Å². The SMILES string of the molecule is O=C(OCC(F)(F)F)c1cccc(Oc2cccc(C(=O)OCC(F)(F)F)c2C(=O)O)c1C(=O)O. The monoisotopic (exact) mass is 510 g/mol. The second-order valence-corrected chi connectivity index (χ2v) is 6.45. The van der Waals surface area contributed by atoms with Gasteiger partial charge in [-0.05, 0) is 24.3 Å². The molecule has 0 fully saturated rings. The highest BCUT2D eigenvalue weighted by Crippen LogP contribution is 2.33. The minimum atomic E-state index is -4.91. The third kappa shape index (κ3) is 7.35. The van der Waals surface area contributed by atoms with Gasteiger partial charge in [0.15, 0.2) is 13.2 Å². The first-order valence-corrected chi connectivity index (χ1v) is 8.99. The minimum Gasteiger partial charge on any atom is -0.478 e. The van der Waals surface area contributed by atoms with Gasteiger partial charge in [-0.2, -0.15) is 26.3 Å². The number of carboxylic acids is 2. The number of hydrogen-bond acceptors (Lipinski definition) is 7. The average Bonchev–Trinajstić information content (AvgIpc) is 2.74. The van der Waals surface area contributed by atoms with E-state index in [4.69, 9.17) is 4.74 Å². The zero-order chi connectivity index (χ0) is 26.6. The van der Waals surface area contributed by atoms with E-state index >= 15 is 0 Å². The quantitative estimate of drug-likeness (QED) is 0.393. The zero-order valence-electron chi connectivity index (χ0n) is 16.9. The Morgan fingerprint density at radius 3 is 1.29 bits per heavy atom. The maximum absolute atomic E-state index is 12.3. The molecule has 2 aromatic carbocycles. The number of rotatable bonds is 8. The average molecular weight is 510 g/mol. The van der Waals surface area contributed by atoms with E-state index < -0.39 is 83.2 Å². The summed E-state index contributed by atoms with van der Waals surface area (Å²) in [6.07, 6.45) is -9.82. The van der Waals surface area contributed by atoms with E-state index in [0.717, 1.165) is 36.4 Å². The summed E-state index contributed by atoms with van der Waals surface area (Å²) in [5.74, 6) is -8.62. The van der Waals surface area contributed by atoms with Crippen LogP contribution in [0.3, 0.4) is 0 Å². The Hall–Kier alpha value is -4.30. The maximum Gasteiger partial charge on any atom is 0.422 e. The van der Waals surface area contributed by atoms with Gasteiger partial charge in [-0.15, -0.1) is 0 Å². The number of halogens is 6. The van der Waals surface area contributed by atoms with Crippen molar-refractivity contribution in [3.8, 4) is 11.5 Å². The van der Waals surface area contributed by atoms with Gasteiger partial charge in [-0.25, -0.2) is 19.2 Å². The highest BCUT2D eigenvalue weighted by Gasteiger charge is 2.33. The van der Waals surface area contributed by atoms with Gasteiger partial charge in [0.1, 0.15) is 22.6 Å². The van der Waals surface area contributed by atoms with Crippen LogP contribution in [0.2, 0.25) is 0 Å². The molecule has 0 bridgehead atoms. The number of hydrogen-bond donors (Lipinski definition) is 2. The first kappa shape index (κ1) is 26.9. The van der Waals surface area contributed by atoms with Crippen LogP contribution in [0.15, 0.2) is 36.4 Å². The van der Waals surface area contributed by atoms with Gasteiger partial charge in [-0.1, -0.05) is 12.1 Å². The van der Waals surface area contributed by atoms with E-state index in [1.807, 2.05) is 0 Å². The molecule has 0 heterocycles. The predicted octanol–water partition coefficient (Wildman–Crippen LogP) is 4.31. The number of aromatic carboxylic acids is 2. The zero-order valence-corrected chi connectivity index (χ0v) is 16.9. The molecule has 0 aromatic heterocycles. The summed E-state index contributed by atoms with van der Waals surface area (Å²) in [7, 11) is 0. The summed E-state index contributed by atoms with van der Waals surface area (Å²) in [6.45, 7) is -4.05. The van der Waals surface area contributed by atoms with Crippen LogP contribution in [0.1, 0.15) is 41.4 Å². The van der Waals surface area contributed by atoms with Gasteiger partial charge in [0, 0.05) is 0 Å². The van der Waals surface area contributed by atoms with Gasteiger partial charge >= 0.3 is 36.2 Å². The van der Waals surface area contributed by atoms with E-state index in [9.17, 15) is 55.7 Å². The number of esters is 2. The Morgan fingerprint density at radius 1 is 0.657 bits per heavy atom. The fraction of sp³-hybridized carbons (Fsp3) is 0.200. The Labute approximate surface area is 190 Å². The predicted molar refractivity (Wildman–Crippen MR) is 99.6 cm³/mol. The molecule has 9 nitrogen and oxygen atoms in total. The number of carbonyl (C=O) groups is 4. The van der Waals surface area contributed by atoms with Crippen molar-refractivity contribution in [3.05, 3.63) is 58.7 Å². The molecule has 0 amide bonds. The lowest BCUT2D eigenvalue weighted by molar-refractivity contribution is -0.161. The Balaban J connectivity index is 2.49. The molecule has 0 aliphatic carbocycles. The van der Waals surface area contributed by atoms with Crippen LogP contribution in [0.5, 0.6) is 11.5 Å².